The number of hydrogen-bond donors (Lipinski definition) is 1. The first-order valence-electron chi connectivity index (χ1n) is 4.79. The van der Waals surface area contributed by atoms with E-state index < -0.39 is 0 Å². The second-order valence-corrected chi connectivity index (χ2v) is 4.53. The van der Waals surface area contributed by atoms with Crippen LogP contribution in [0.5, 0.6) is 0 Å². The van der Waals surface area contributed by atoms with Crippen LogP contribution in [-0.2, 0) is 0 Å². The summed E-state index contributed by atoms with van der Waals surface area (Å²) < 4.78 is 0. The second-order valence-electron chi connectivity index (χ2n) is 4.53. The predicted molar refractivity (Wildman–Crippen MR) is 52.5 cm³/mol. The van der Waals surface area contributed by atoms with Crippen molar-refractivity contribution in [3.8, 4) is 12.3 Å². The molecule has 68 valence electrons. The molecular weight excluding hydrogens is 146 g/mol. The summed E-state index contributed by atoms with van der Waals surface area (Å²) in [5, 5.41) is 0. The summed E-state index contributed by atoms with van der Waals surface area (Å²) in [6.45, 7) is 4.57. The molecule has 2 unspecified atom stereocenters. The van der Waals surface area contributed by atoms with Crippen LogP contribution in [0.25, 0.3) is 0 Å². The molecular formula is C11H19N. The van der Waals surface area contributed by atoms with Crippen molar-refractivity contribution in [1.29, 1.82) is 0 Å². The molecule has 1 saturated carbocycles. The summed E-state index contributed by atoms with van der Waals surface area (Å²) >= 11 is 0. The van der Waals surface area contributed by atoms with E-state index >= 15 is 0 Å². The zero-order chi connectivity index (χ0) is 9.19. The molecule has 2 N–H and O–H groups in total. The van der Waals surface area contributed by atoms with Crippen LogP contribution in [-0.4, -0.2) is 6.04 Å². The third-order valence-electron chi connectivity index (χ3n) is 3.22. The second kappa shape index (κ2) is 3.49. The Morgan fingerprint density at radius 2 is 2.17 bits per heavy atom. The smallest absolute Gasteiger partial charge is 0.0695 e. The summed E-state index contributed by atoms with van der Waals surface area (Å²) in [6.07, 6.45) is 10.5. The molecule has 0 aromatic carbocycles. The lowest BCUT2D eigenvalue weighted by Gasteiger charge is -2.40. The third kappa shape index (κ3) is 1.81. The van der Waals surface area contributed by atoms with Crippen molar-refractivity contribution in [2.24, 2.45) is 17.1 Å². The number of rotatable bonds is 1. The van der Waals surface area contributed by atoms with Crippen molar-refractivity contribution in [2.45, 2.75) is 45.6 Å². The summed E-state index contributed by atoms with van der Waals surface area (Å²) in [5.74, 6) is 3.19. The topological polar surface area (TPSA) is 26.0 Å². The van der Waals surface area contributed by atoms with E-state index in [1.54, 1.807) is 0 Å². The lowest BCUT2D eigenvalue weighted by molar-refractivity contribution is 0.128. The van der Waals surface area contributed by atoms with Crippen LogP contribution in [0.1, 0.15) is 39.5 Å². The fraction of sp³-hybridized carbons (Fsp3) is 0.818. The SMILES string of the molecule is C#CC(N)C1CCCCC1(C)C. The molecule has 0 saturated heterocycles. The first-order valence-corrected chi connectivity index (χ1v) is 4.79. The van der Waals surface area contributed by atoms with Gasteiger partial charge >= 0.3 is 0 Å². The molecule has 0 heterocycles. The zero-order valence-corrected chi connectivity index (χ0v) is 8.14. The molecule has 0 spiro atoms. The molecule has 0 bridgehead atoms. The molecule has 0 aromatic rings. The largest absolute Gasteiger partial charge is 0.317 e. The molecule has 0 aliphatic heterocycles. The Labute approximate surface area is 75.7 Å². The van der Waals surface area contributed by atoms with Gasteiger partial charge in [-0.1, -0.05) is 32.6 Å². The Kier molecular flexibility index (Phi) is 2.80. The van der Waals surface area contributed by atoms with E-state index in [-0.39, 0.29) is 6.04 Å². The van der Waals surface area contributed by atoms with Crippen LogP contribution in [0.4, 0.5) is 0 Å². The molecule has 0 aromatic heterocycles. The minimum Gasteiger partial charge on any atom is -0.317 e. The lowest BCUT2D eigenvalue weighted by atomic mass is 9.66. The van der Waals surface area contributed by atoms with E-state index in [2.05, 4.69) is 19.8 Å². The van der Waals surface area contributed by atoms with Crippen molar-refractivity contribution in [2.75, 3.05) is 0 Å². The van der Waals surface area contributed by atoms with Crippen LogP contribution < -0.4 is 5.73 Å². The molecule has 0 amide bonds. The van der Waals surface area contributed by atoms with E-state index in [4.69, 9.17) is 12.2 Å². The maximum atomic E-state index is 5.89. The Morgan fingerprint density at radius 3 is 2.67 bits per heavy atom. The van der Waals surface area contributed by atoms with Gasteiger partial charge in [0.25, 0.3) is 0 Å². The van der Waals surface area contributed by atoms with Gasteiger partial charge in [-0.2, -0.15) is 0 Å². The van der Waals surface area contributed by atoms with Gasteiger partial charge in [0.2, 0.25) is 0 Å². The minimum atomic E-state index is -0.0414. The first-order chi connectivity index (χ1) is 5.58. The summed E-state index contributed by atoms with van der Waals surface area (Å²) in [6, 6.07) is -0.0414. The van der Waals surface area contributed by atoms with Gasteiger partial charge in [-0.05, 0) is 24.2 Å². The molecule has 1 aliphatic rings. The normalized spacial score (nSPS) is 30.7. The fourth-order valence-electron chi connectivity index (χ4n) is 2.30. The van der Waals surface area contributed by atoms with Gasteiger partial charge in [-0.3, -0.25) is 0 Å². The predicted octanol–water partition coefficient (Wildman–Crippen LogP) is 2.16. The third-order valence-corrected chi connectivity index (χ3v) is 3.22. The minimum absolute atomic E-state index is 0.0414. The lowest BCUT2D eigenvalue weighted by Crippen LogP contribution is -2.40. The van der Waals surface area contributed by atoms with Crippen LogP contribution >= 0.6 is 0 Å². The van der Waals surface area contributed by atoms with Gasteiger partial charge in [0.05, 0.1) is 6.04 Å². The molecule has 2 atom stereocenters. The number of hydrogen-bond acceptors (Lipinski definition) is 1. The highest BCUT2D eigenvalue weighted by Gasteiger charge is 2.35. The first kappa shape index (κ1) is 9.61. The van der Waals surface area contributed by atoms with E-state index in [9.17, 15) is 0 Å². The highest BCUT2D eigenvalue weighted by Crippen LogP contribution is 2.41. The Hall–Kier alpha value is -0.480. The van der Waals surface area contributed by atoms with Gasteiger partial charge < -0.3 is 5.73 Å². The Morgan fingerprint density at radius 1 is 1.50 bits per heavy atom. The average molecular weight is 165 g/mol. The molecule has 1 heteroatoms. The monoisotopic (exact) mass is 165 g/mol. The highest BCUT2D eigenvalue weighted by molar-refractivity contribution is 5.04. The quantitative estimate of drug-likeness (QED) is 0.592. The molecule has 1 aliphatic carbocycles. The van der Waals surface area contributed by atoms with E-state index in [1.165, 1.54) is 25.7 Å². The molecule has 1 fully saturated rings. The van der Waals surface area contributed by atoms with E-state index in [0.29, 0.717) is 11.3 Å². The van der Waals surface area contributed by atoms with Crippen LogP contribution in [0.15, 0.2) is 0 Å². The van der Waals surface area contributed by atoms with Crippen molar-refractivity contribution >= 4 is 0 Å². The average Bonchev–Trinajstić information content (AvgIpc) is 2.02. The Balaban J connectivity index is 2.67. The highest BCUT2D eigenvalue weighted by atomic mass is 14.7. The van der Waals surface area contributed by atoms with Crippen LogP contribution in [0.2, 0.25) is 0 Å². The van der Waals surface area contributed by atoms with E-state index in [1.807, 2.05) is 0 Å². The number of terminal acetylenes is 1. The molecule has 0 radical (unpaired) electrons. The maximum absolute atomic E-state index is 5.89. The fourth-order valence-corrected chi connectivity index (χ4v) is 2.30. The summed E-state index contributed by atoms with van der Waals surface area (Å²) in [4.78, 5) is 0. The van der Waals surface area contributed by atoms with Crippen molar-refractivity contribution in [1.82, 2.24) is 0 Å². The molecule has 12 heavy (non-hydrogen) atoms. The molecule has 1 rings (SSSR count). The van der Waals surface area contributed by atoms with E-state index in [0.717, 1.165) is 0 Å². The van der Waals surface area contributed by atoms with Crippen molar-refractivity contribution in [3.05, 3.63) is 0 Å². The Bertz CT molecular complexity index is 188. The van der Waals surface area contributed by atoms with Gasteiger partial charge in [-0.25, -0.2) is 0 Å². The van der Waals surface area contributed by atoms with Crippen LogP contribution in [0, 0.1) is 23.7 Å². The summed E-state index contributed by atoms with van der Waals surface area (Å²) in [5.41, 5.74) is 6.24. The number of nitrogens with two attached hydrogens (primary N) is 1. The molecule has 1 nitrogen and oxygen atoms in total. The zero-order valence-electron chi connectivity index (χ0n) is 8.14. The summed E-state index contributed by atoms with van der Waals surface area (Å²) in [7, 11) is 0. The van der Waals surface area contributed by atoms with Gasteiger partial charge in [0.15, 0.2) is 0 Å². The standard InChI is InChI=1S/C11H19N/c1-4-10(12)9-7-5-6-8-11(9,2)3/h1,9-10H,5-8,12H2,2-3H3. The van der Waals surface area contributed by atoms with Gasteiger partial charge in [-0.15, -0.1) is 6.42 Å². The van der Waals surface area contributed by atoms with Gasteiger partial charge in [0, 0.05) is 0 Å². The van der Waals surface area contributed by atoms with Crippen LogP contribution in [0.3, 0.4) is 0 Å². The van der Waals surface area contributed by atoms with Crippen molar-refractivity contribution < 1.29 is 0 Å². The van der Waals surface area contributed by atoms with Gasteiger partial charge in [0.1, 0.15) is 0 Å². The maximum Gasteiger partial charge on any atom is 0.0695 e. The van der Waals surface area contributed by atoms with Crippen molar-refractivity contribution in [3.63, 3.8) is 0 Å².